The van der Waals surface area contributed by atoms with E-state index in [4.69, 9.17) is 10.8 Å². The first kappa shape index (κ1) is 12.0. The summed E-state index contributed by atoms with van der Waals surface area (Å²) < 4.78 is 0. The molecule has 3 N–H and O–H groups in total. The molecule has 1 atom stereocenters. The Morgan fingerprint density at radius 2 is 2.14 bits per heavy atom. The van der Waals surface area contributed by atoms with Gasteiger partial charge in [-0.3, -0.25) is 0 Å². The van der Waals surface area contributed by atoms with Crippen LogP contribution in [-0.2, 0) is 0 Å². The van der Waals surface area contributed by atoms with Crippen molar-refractivity contribution >= 4 is 0 Å². The molecule has 1 fully saturated rings. The molecule has 1 saturated heterocycles. The van der Waals surface area contributed by atoms with E-state index in [1.165, 1.54) is 38.8 Å². The Morgan fingerprint density at radius 3 is 2.86 bits per heavy atom. The van der Waals surface area contributed by atoms with Gasteiger partial charge in [0.2, 0.25) is 0 Å². The molecular formula is C11H24N2O. The van der Waals surface area contributed by atoms with Crippen molar-refractivity contribution in [3.05, 3.63) is 0 Å². The molecule has 0 saturated carbocycles. The Bertz CT molecular complexity index is 141. The molecule has 84 valence electrons. The third-order valence-corrected chi connectivity index (χ3v) is 3.09. The zero-order chi connectivity index (χ0) is 10.2. The Labute approximate surface area is 87.3 Å². The molecule has 0 radical (unpaired) electrons. The molecule has 1 heterocycles. The molecule has 0 aliphatic carbocycles. The number of rotatable bonds is 7. The van der Waals surface area contributed by atoms with Gasteiger partial charge in [-0.05, 0) is 58.2 Å². The quantitative estimate of drug-likeness (QED) is 0.602. The van der Waals surface area contributed by atoms with Gasteiger partial charge >= 0.3 is 0 Å². The predicted octanol–water partition coefficient (Wildman–Crippen LogP) is 0.962. The van der Waals surface area contributed by atoms with E-state index in [1.54, 1.807) is 0 Å². The van der Waals surface area contributed by atoms with E-state index in [1.807, 2.05) is 0 Å². The van der Waals surface area contributed by atoms with Gasteiger partial charge in [-0.1, -0.05) is 0 Å². The highest BCUT2D eigenvalue weighted by molar-refractivity contribution is 4.78. The number of likely N-dealkylation sites (tertiary alicyclic amines) is 1. The van der Waals surface area contributed by atoms with Crippen LogP contribution in [0.3, 0.4) is 0 Å². The Balaban J connectivity index is 2.14. The Morgan fingerprint density at radius 1 is 1.29 bits per heavy atom. The van der Waals surface area contributed by atoms with Gasteiger partial charge in [-0.2, -0.15) is 0 Å². The normalized spacial score (nSPS) is 23.1. The van der Waals surface area contributed by atoms with Crippen molar-refractivity contribution in [2.45, 2.75) is 44.6 Å². The van der Waals surface area contributed by atoms with Crippen molar-refractivity contribution < 1.29 is 5.11 Å². The van der Waals surface area contributed by atoms with Crippen LogP contribution >= 0.6 is 0 Å². The van der Waals surface area contributed by atoms with Gasteiger partial charge in [-0.15, -0.1) is 0 Å². The number of aliphatic hydroxyl groups is 1. The second-order valence-corrected chi connectivity index (χ2v) is 4.19. The van der Waals surface area contributed by atoms with Gasteiger partial charge in [0.15, 0.2) is 0 Å². The molecular weight excluding hydrogens is 176 g/mol. The van der Waals surface area contributed by atoms with E-state index >= 15 is 0 Å². The summed E-state index contributed by atoms with van der Waals surface area (Å²) in [5.74, 6) is 0. The van der Waals surface area contributed by atoms with Gasteiger partial charge in [0.05, 0.1) is 0 Å². The van der Waals surface area contributed by atoms with Crippen molar-refractivity contribution in [3.63, 3.8) is 0 Å². The minimum atomic E-state index is 0.340. The van der Waals surface area contributed by atoms with Gasteiger partial charge < -0.3 is 15.7 Å². The molecule has 3 heteroatoms. The highest BCUT2D eigenvalue weighted by atomic mass is 16.2. The lowest BCUT2D eigenvalue weighted by molar-refractivity contribution is 0.213. The minimum absolute atomic E-state index is 0.340. The Hall–Kier alpha value is -0.120. The lowest BCUT2D eigenvalue weighted by Crippen LogP contribution is -2.30. The van der Waals surface area contributed by atoms with Crippen LogP contribution in [0.5, 0.6) is 0 Å². The van der Waals surface area contributed by atoms with Gasteiger partial charge in [-0.25, -0.2) is 0 Å². The first-order chi connectivity index (χ1) is 6.88. The van der Waals surface area contributed by atoms with Gasteiger partial charge in [0, 0.05) is 12.6 Å². The van der Waals surface area contributed by atoms with Crippen molar-refractivity contribution in [3.8, 4) is 0 Å². The zero-order valence-corrected chi connectivity index (χ0v) is 9.12. The molecule has 1 rings (SSSR count). The average Bonchev–Trinajstić information content (AvgIpc) is 2.63. The molecule has 0 aromatic heterocycles. The lowest BCUT2D eigenvalue weighted by atomic mass is 10.1. The molecule has 0 spiro atoms. The highest BCUT2D eigenvalue weighted by Crippen LogP contribution is 2.21. The lowest BCUT2D eigenvalue weighted by Gasteiger charge is -2.24. The van der Waals surface area contributed by atoms with Crippen LogP contribution in [0.25, 0.3) is 0 Å². The molecule has 0 amide bonds. The third-order valence-electron chi connectivity index (χ3n) is 3.09. The number of hydrogen-bond acceptors (Lipinski definition) is 3. The second kappa shape index (κ2) is 7.21. The van der Waals surface area contributed by atoms with E-state index in [-0.39, 0.29) is 0 Å². The SMILES string of the molecule is NCCCCN1CCCC1CCCO. The summed E-state index contributed by atoms with van der Waals surface area (Å²) in [6, 6.07) is 0.736. The van der Waals surface area contributed by atoms with Crippen molar-refractivity contribution in [1.29, 1.82) is 0 Å². The molecule has 1 aliphatic heterocycles. The number of nitrogens with two attached hydrogens (primary N) is 1. The van der Waals surface area contributed by atoms with Crippen LogP contribution < -0.4 is 5.73 Å². The van der Waals surface area contributed by atoms with E-state index in [9.17, 15) is 0 Å². The van der Waals surface area contributed by atoms with Crippen molar-refractivity contribution in [1.82, 2.24) is 4.90 Å². The van der Waals surface area contributed by atoms with E-state index in [0.717, 1.165) is 25.4 Å². The summed E-state index contributed by atoms with van der Waals surface area (Å²) in [4.78, 5) is 2.57. The van der Waals surface area contributed by atoms with Crippen molar-refractivity contribution in [2.75, 3.05) is 26.2 Å². The third kappa shape index (κ3) is 3.95. The molecule has 3 nitrogen and oxygen atoms in total. The zero-order valence-electron chi connectivity index (χ0n) is 9.12. The van der Waals surface area contributed by atoms with Crippen LogP contribution in [-0.4, -0.2) is 42.3 Å². The van der Waals surface area contributed by atoms with Gasteiger partial charge in [0.1, 0.15) is 0 Å². The number of hydrogen-bond donors (Lipinski definition) is 2. The van der Waals surface area contributed by atoms with Crippen LogP contribution in [0.15, 0.2) is 0 Å². The molecule has 1 unspecified atom stereocenters. The van der Waals surface area contributed by atoms with Crippen molar-refractivity contribution in [2.24, 2.45) is 5.73 Å². The van der Waals surface area contributed by atoms with E-state index in [2.05, 4.69) is 4.90 Å². The summed E-state index contributed by atoms with van der Waals surface area (Å²) in [6.07, 6.45) is 7.15. The molecule has 14 heavy (non-hydrogen) atoms. The van der Waals surface area contributed by atoms with E-state index < -0.39 is 0 Å². The fraction of sp³-hybridized carbons (Fsp3) is 1.00. The standard InChI is InChI=1S/C11H24N2O/c12-7-1-2-8-13-9-3-5-11(13)6-4-10-14/h11,14H,1-10,12H2. The maximum Gasteiger partial charge on any atom is 0.0431 e. The maximum atomic E-state index is 8.79. The van der Waals surface area contributed by atoms with Gasteiger partial charge in [0.25, 0.3) is 0 Å². The molecule has 0 aromatic carbocycles. The smallest absolute Gasteiger partial charge is 0.0431 e. The largest absolute Gasteiger partial charge is 0.396 e. The minimum Gasteiger partial charge on any atom is -0.396 e. The summed E-state index contributed by atoms with van der Waals surface area (Å²) in [5.41, 5.74) is 5.48. The van der Waals surface area contributed by atoms with Crippen LogP contribution in [0.2, 0.25) is 0 Å². The van der Waals surface area contributed by atoms with Crippen LogP contribution in [0, 0.1) is 0 Å². The second-order valence-electron chi connectivity index (χ2n) is 4.19. The number of unbranched alkanes of at least 4 members (excludes halogenated alkanes) is 1. The summed E-state index contributed by atoms with van der Waals surface area (Å²) in [7, 11) is 0. The summed E-state index contributed by atoms with van der Waals surface area (Å²) in [5, 5.41) is 8.79. The van der Waals surface area contributed by atoms with E-state index in [0.29, 0.717) is 6.61 Å². The summed E-state index contributed by atoms with van der Waals surface area (Å²) in [6.45, 7) is 3.61. The Kier molecular flexibility index (Phi) is 6.15. The molecule has 0 aromatic rings. The maximum absolute atomic E-state index is 8.79. The number of nitrogens with zero attached hydrogens (tertiary/aromatic N) is 1. The first-order valence-corrected chi connectivity index (χ1v) is 5.93. The summed E-state index contributed by atoms with van der Waals surface area (Å²) >= 11 is 0. The van der Waals surface area contributed by atoms with Crippen LogP contribution in [0.4, 0.5) is 0 Å². The fourth-order valence-electron chi connectivity index (χ4n) is 2.30. The molecule has 0 bridgehead atoms. The topological polar surface area (TPSA) is 49.5 Å². The number of aliphatic hydroxyl groups excluding tert-OH is 1. The predicted molar refractivity (Wildman–Crippen MR) is 59.2 cm³/mol. The average molecular weight is 200 g/mol. The van der Waals surface area contributed by atoms with Crippen LogP contribution in [0.1, 0.15) is 38.5 Å². The molecule has 1 aliphatic rings. The highest BCUT2D eigenvalue weighted by Gasteiger charge is 2.22. The fourth-order valence-corrected chi connectivity index (χ4v) is 2.30. The monoisotopic (exact) mass is 200 g/mol. The first-order valence-electron chi connectivity index (χ1n) is 5.93.